The third-order valence-electron chi connectivity index (χ3n) is 3.05. The van der Waals surface area contributed by atoms with E-state index in [1.807, 2.05) is 24.3 Å². The van der Waals surface area contributed by atoms with Crippen molar-refractivity contribution in [3.8, 4) is 11.5 Å². The van der Waals surface area contributed by atoms with E-state index >= 15 is 0 Å². The van der Waals surface area contributed by atoms with Gasteiger partial charge in [-0.2, -0.15) is 0 Å². The van der Waals surface area contributed by atoms with E-state index in [1.54, 1.807) is 20.3 Å². The van der Waals surface area contributed by atoms with E-state index in [4.69, 9.17) is 9.47 Å². The van der Waals surface area contributed by atoms with Crippen molar-refractivity contribution in [3.05, 3.63) is 59.4 Å². The number of hydrogen-bond acceptors (Lipinski definition) is 3. The molecule has 0 atom stereocenters. The van der Waals surface area contributed by atoms with Gasteiger partial charge in [-0.15, -0.1) is 0 Å². The molecule has 0 aliphatic heterocycles. The Labute approximate surface area is 118 Å². The third-order valence-corrected chi connectivity index (χ3v) is 3.05. The summed E-state index contributed by atoms with van der Waals surface area (Å²) in [4.78, 5) is 0. The Balaban J connectivity index is 1.93. The van der Waals surface area contributed by atoms with Gasteiger partial charge in [-0.25, -0.2) is 4.39 Å². The van der Waals surface area contributed by atoms with Crippen LogP contribution in [0.1, 0.15) is 11.1 Å². The fourth-order valence-corrected chi connectivity index (χ4v) is 1.97. The molecule has 0 saturated heterocycles. The first-order valence-corrected chi connectivity index (χ1v) is 6.39. The Bertz CT molecular complexity index is 555. The van der Waals surface area contributed by atoms with Gasteiger partial charge in [-0.05, 0) is 35.9 Å². The van der Waals surface area contributed by atoms with Crippen LogP contribution < -0.4 is 14.8 Å². The van der Waals surface area contributed by atoms with Gasteiger partial charge in [0.1, 0.15) is 17.3 Å². The maximum atomic E-state index is 13.2. The van der Waals surface area contributed by atoms with Crippen LogP contribution in [0.15, 0.2) is 42.5 Å². The number of hydrogen-bond donors (Lipinski definition) is 1. The van der Waals surface area contributed by atoms with Crippen LogP contribution in [0.3, 0.4) is 0 Å². The molecule has 0 radical (unpaired) electrons. The molecule has 0 unspecified atom stereocenters. The minimum absolute atomic E-state index is 0.257. The molecule has 2 aromatic rings. The van der Waals surface area contributed by atoms with E-state index in [2.05, 4.69) is 5.32 Å². The topological polar surface area (TPSA) is 30.5 Å². The first-order chi connectivity index (χ1) is 9.72. The molecule has 106 valence electrons. The second-order valence-electron chi connectivity index (χ2n) is 4.41. The molecule has 0 aliphatic rings. The molecule has 0 amide bonds. The number of benzene rings is 2. The zero-order valence-electron chi connectivity index (χ0n) is 11.7. The van der Waals surface area contributed by atoms with Gasteiger partial charge in [0.25, 0.3) is 0 Å². The molecule has 2 rings (SSSR count). The average molecular weight is 275 g/mol. The van der Waals surface area contributed by atoms with Crippen LogP contribution >= 0.6 is 0 Å². The van der Waals surface area contributed by atoms with Gasteiger partial charge in [0.2, 0.25) is 0 Å². The summed E-state index contributed by atoms with van der Waals surface area (Å²) in [6.45, 7) is 1.25. The summed E-state index contributed by atoms with van der Waals surface area (Å²) < 4.78 is 23.5. The number of rotatable bonds is 6. The average Bonchev–Trinajstić information content (AvgIpc) is 2.48. The Morgan fingerprint density at radius 3 is 2.35 bits per heavy atom. The molecule has 0 saturated carbocycles. The van der Waals surface area contributed by atoms with Gasteiger partial charge in [-0.3, -0.25) is 0 Å². The lowest BCUT2D eigenvalue weighted by atomic mass is 10.1. The minimum atomic E-state index is -0.257. The third kappa shape index (κ3) is 3.71. The van der Waals surface area contributed by atoms with E-state index in [-0.39, 0.29) is 5.82 Å². The highest BCUT2D eigenvalue weighted by atomic mass is 19.1. The molecular weight excluding hydrogens is 257 g/mol. The maximum Gasteiger partial charge on any atom is 0.123 e. The van der Waals surface area contributed by atoms with Crippen molar-refractivity contribution < 1.29 is 13.9 Å². The van der Waals surface area contributed by atoms with Gasteiger partial charge >= 0.3 is 0 Å². The lowest BCUT2D eigenvalue weighted by molar-refractivity contribution is 0.406. The Kier molecular flexibility index (Phi) is 4.96. The molecule has 3 nitrogen and oxygen atoms in total. The molecule has 0 spiro atoms. The summed E-state index contributed by atoms with van der Waals surface area (Å²) in [7, 11) is 3.23. The molecule has 0 aromatic heterocycles. The van der Waals surface area contributed by atoms with Crippen molar-refractivity contribution in [2.24, 2.45) is 0 Å². The fourth-order valence-electron chi connectivity index (χ4n) is 1.97. The predicted molar refractivity (Wildman–Crippen MR) is 76.5 cm³/mol. The summed E-state index contributed by atoms with van der Waals surface area (Å²) in [5.74, 6) is 1.27. The standard InChI is InChI=1S/C16H18FNO2/c1-19-15-6-3-12(4-7-15)10-18-11-13-9-14(17)5-8-16(13)20-2/h3-9,18H,10-11H2,1-2H3. The van der Waals surface area contributed by atoms with Crippen LogP contribution in [-0.4, -0.2) is 14.2 Å². The fraction of sp³-hybridized carbons (Fsp3) is 0.250. The van der Waals surface area contributed by atoms with Crippen LogP contribution in [0.25, 0.3) is 0 Å². The van der Waals surface area contributed by atoms with E-state index in [9.17, 15) is 4.39 Å². The lowest BCUT2D eigenvalue weighted by Crippen LogP contribution is -2.13. The minimum Gasteiger partial charge on any atom is -0.497 e. The summed E-state index contributed by atoms with van der Waals surface area (Å²) in [6, 6.07) is 12.3. The molecule has 2 aromatic carbocycles. The van der Waals surface area contributed by atoms with Crippen LogP contribution in [0, 0.1) is 5.82 Å². The van der Waals surface area contributed by atoms with Crippen molar-refractivity contribution in [2.45, 2.75) is 13.1 Å². The second-order valence-corrected chi connectivity index (χ2v) is 4.41. The first kappa shape index (κ1) is 14.3. The van der Waals surface area contributed by atoms with Crippen LogP contribution in [0.5, 0.6) is 11.5 Å². The highest BCUT2D eigenvalue weighted by Gasteiger charge is 2.04. The molecule has 0 aliphatic carbocycles. The van der Waals surface area contributed by atoms with E-state index in [0.717, 1.165) is 16.9 Å². The number of halogens is 1. The normalized spacial score (nSPS) is 10.3. The molecular formula is C16H18FNO2. The predicted octanol–water partition coefficient (Wildman–Crippen LogP) is 3.13. The highest BCUT2D eigenvalue weighted by molar-refractivity contribution is 5.34. The lowest BCUT2D eigenvalue weighted by Gasteiger charge is -2.10. The quantitative estimate of drug-likeness (QED) is 0.878. The van der Waals surface area contributed by atoms with E-state index in [1.165, 1.54) is 12.1 Å². The molecule has 20 heavy (non-hydrogen) atoms. The molecule has 0 fully saturated rings. The van der Waals surface area contributed by atoms with Gasteiger partial charge in [0, 0.05) is 18.7 Å². The maximum absolute atomic E-state index is 13.2. The van der Waals surface area contributed by atoms with Crippen molar-refractivity contribution in [1.29, 1.82) is 0 Å². The van der Waals surface area contributed by atoms with Gasteiger partial charge in [0.15, 0.2) is 0 Å². The molecule has 4 heteroatoms. The van der Waals surface area contributed by atoms with Crippen LogP contribution in [-0.2, 0) is 13.1 Å². The zero-order chi connectivity index (χ0) is 14.4. The van der Waals surface area contributed by atoms with Crippen molar-refractivity contribution in [1.82, 2.24) is 5.32 Å². The zero-order valence-corrected chi connectivity index (χ0v) is 11.7. The van der Waals surface area contributed by atoms with Crippen molar-refractivity contribution in [2.75, 3.05) is 14.2 Å². The van der Waals surface area contributed by atoms with Crippen molar-refractivity contribution in [3.63, 3.8) is 0 Å². The SMILES string of the molecule is COc1ccc(CNCc2cc(F)ccc2OC)cc1. The Morgan fingerprint density at radius 2 is 1.70 bits per heavy atom. The molecule has 1 N–H and O–H groups in total. The van der Waals surface area contributed by atoms with E-state index in [0.29, 0.717) is 18.8 Å². The van der Waals surface area contributed by atoms with Crippen LogP contribution in [0.2, 0.25) is 0 Å². The smallest absolute Gasteiger partial charge is 0.123 e. The Hall–Kier alpha value is -2.07. The number of methoxy groups -OCH3 is 2. The Morgan fingerprint density at radius 1 is 0.950 bits per heavy atom. The van der Waals surface area contributed by atoms with Gasteiger partial charge < -0.3 is 14.8 Å². The summed E-state index contributed by atoms with van der Waals surface area (Å²) in [5.41, 5.74) is 1.95. The monoisotopic (exact) mass is 275 g/mol. The number of nitrogens with one attached hydrogen (secondary N) is 1. The molecule has 0 bridgehead atoms. The molecule has 0 heterocycles. The summed E-state index contributed by atoms with van der Waals surface area (Å²) in [6.07, 6.45) is 0. The van der Waals surface area contributed by atoms with Gasteiger partial charge in [0.05, 0.1) is 14.2 Å². The largest absolute Gasteiger partial charge is 0.497 e. The van der Waals surface area contributed by atoms with Crippen LogP contribution in [0.4, 0.5) is 4.39 Å². The highest BCUT2D eigenvalue weighted by Crippen LogP contribution is 2.19. The second kappa shape index (κ2) is 6.91. The number of ether oxygens (including phenoxy) is 2. The summed E-state index contributed by atoms with van der Waals surface area (Å²) >= 11 is 0. The van der Waals surface area contributed by atoms with Crippen molar-refractivity contribution >= 4 is 0 Å². The first-order valence-electron chi connectivity index (χ1n) is 6.39. The summed E-state index contributed by atoms with van der Waals surface area (Å²) in [5, 5.41) is 3.27. The van der Waals surface area contributed by atoms with E-state index < -0.39 is 0 Å². The van der Waals surface area contributed by atoms with Gasteiger partial charge in [-0.1, -0.05) is 12.1 Å².